The number of benzene rings is 2. The van der Waals surface area contributed by atoms with Crippen LogP contribution in [-0.4, -0.2) is 40.2 Å². The van der Waals surface area contributed by atoms with E-state index < -0.39 is 11.9 Å². The highest BCUT2D eigenvalue weighted by molar-refractivity contribution is 5.71. The number of methoxy groups -OCH3 is 1. The molecule has 1 spiro atoms. The molecule has 2 aromatic carbocycles. The second kappa shape index (κ2) is 11.2. The molecule has 2 saturated carbocycles. The Bertz CT molecular complexity index is 1530. The molecule has 3 heterocycles. The average Bonchev–Trinajstić information content (AvgIpc) is 3.96. The fraction of sp³-hybridized carbons (Fsp3) is 0.500. The van der Waals surface area contributed by atoms with Crippen LogP contribution in [0.1, 0.15) is 92.6 Å². The zero-order valence-corrected chi connectivity index (χ0v) is 25.2. The predicted molar refractivity (Wildman–Crippen MR) is 163 cm³/mol. The van der Waals surface area contributed by atoms with E-state index in [1.165, 1.54) is 43.9 Å². The normalized spacial score (nSPS) is 22.3. The summed E-state index contributed by atoms with van der Waals surface area (Å²) in [4.78, 5) is 18.6. The van der Waals surface area contributed by atoms with Crippen molar-refractivity contribution in [2.75, 3.05) is 13.7 Å². The van der Waals surface area contributed by atoms with E-state index >= 15 is 4.39 Å². The maximum atomic E-state index is 15.2. The number of aryl methyl sites for hydroxylation is 1. The molecule has 43 heavy (non-hydrogen) atoms. The Morgan fingerprint density at radius 2 is 1.95 bits per heavy atom. The fourth-order valence-corrected chi connectivity index (χ4v) is 7.67. The van der Waals surface area contributed by atoms with Gasteiger partial charge in [0.05, 0.1) is 19.2 Å². The molecule has 7 heteroatoms. The van der Waals surface area contributed by atoms with Crippen LogP contribution in [0.4, 0.5) is 4.39 Å². The Morgan fingerprint density at radius 3 is 2.70 bits per heavy atom. The number of aromatic nitrogens is 1. The topological polar surface area (TPSA) is 71.9 Å². The number of carboxylic acid groups (broad SMARTS) is 1. The summed E-state index contributed by atoms with van der Waals surface area (Å²) in [6.07, 6.45) is 11.2. The number of halogens is 1. The second-order valence-electron chi connectivity index (χ2n) is 13.2. The largest absolute Gasteiger partial charge is 0.485 e. The van der Waals surface area contributed by atoms with Crippen molar-refractivity contribution in [3.63, 3.8) is 0 Å². The summed E-state index contributed by atoms with van der Waals surface area (Å²) >= 11 is 0. The number of hydrogen-bond donors (Lipinski definition) is 1. The summed E-state index contributed by atoms with van der Waals surface area (Å²) in [5.41, 5.74) is 6.12. The summed E-state index contributed by atoms with van der Waals surface area (Å²) in [6, 6.07) is 14.4. The molecule has 3 aromatic rings. The Morgan fingerprint density at radius 1 is 1.12 bits per heavy atom. The third kappa shape index (κ3) is 5.52. The molecule has 7 rings (SSSR count). The van der Waals surface area contributed by atoms with E-state index in [1.807, 2.05) is 13.0 Å². The van der Waals surface area contributed by atoms with Crippen molar-refractivity contribution in [3.05, 3.63) is 76.7 Å². The first-order valence-electron chi connectivity index (χ1n) is 16.0. The molecule has 0 bridgehead atoms. The van der Waals surface area contributed by atoms with Crippen LogP contribution in [0.2, 0.25) is 0 Å². The minimum absolute atomic E-state index is 0.00389. The maximum absolute atomic E-state index is 15.2. The van der Waals surface area contributed by atoms with Crippen molar-refractivity contribution < 1.29 is 23.8 Å². The van der Waals surface area contributed by atoms with E-state index in [9.17, 15) is 9.90 Å². The van der Waals surface area contributed by atoms with Crippen LogP contribution in [0.25, 0.3) is 11.1 Å². The Kier molecular flexibility index (Phi) is 7.40. The van der Waals surface area contributed by atoms with E-state index in [0.29, 0.717) is 22.9 Å². The SMILES string of the molecule is COc1cc(-c2ccc([C@@H]3CCc4ccc(C(C5CC5)[C@H](C)C(=O)O)cc4O3)cc2CN2CCCCC23CC3)c(F)cn1. The fourth-order valence-electron chi connectivity index (χ4n) is 7.67. The van der Waals surface area contributed by atoms with Crippen LogP contribution in [0.15, 0.2) is 48.7 Å². The van der Waals surface area contributed by atoms with E-state index in [4.69, 9.17) is 9.47 Å². The molecule has 3 fully saturated rings. The van der Waals surface area contributed by atoms with Gasteiger partial charge in [-0.1, -0.05) is 43.7 Å². The van der Waals surface area contributed by atoms with E-state index in [-0.39, 0.29) is 17.8 Å². The summed E-state index contributed by atoms with van der Waals surface area (Å²) < 4.78 is 27.2. The van der Waals surface area contributed by atoms with E-state index in [1.54, 1.807) is 13.2 Å². The van der Waals surface area contributed by atoms with Gasteiger partial charge in [0.1, 0.15) is 17.7 Å². The molecule has 3 atom stereocenters. The van der Waals surface area contributed by atoms with Gasteiger partial charge in [0.2, 0.25) is 5.88 Å². The van der Waals surface area contributed by atoms with Gasteiger partial charge >= 0.3 is 5.97 Å². The molecule has 1 unspecified atom stereocenters. The standard InChI is InChI=1S/C36H41FN2O4/c1-22(35(40)41)34(24-6-7-24)26-8-5-23-10-12-31(43-32(23)18-26)25-9-11-28(29-19-33(42-2)38-20-30(29)37)27(17-25)21-39-16-4-3-13-36(39)14-15-36/h5,8-9,11,17-20,22,24,31,34H,3-4,6-7,10,12-16,21H2,1-2H3,(H,40,41)/t22-,31-,34?/m0/s1. The van der Waals surface area contributed by atoms with Gasteiger partial charge in [-0.25, -0.2) is 9.37 Å². The molecule has 2 aliphatic heterocycles. The predicted octanol–water partition coefficient (Wildman–Crippen LogP) is 7.70. The molecular weight excluding hydrogens is 543 g/mol. The number of nitrogens with zero attached hydrogens (tertiary/aromatic N) is 2. The van der Waals surface area contributed by atoms with Crippen LogP contribution >= 0.6 is 0 Å². The minimum atomic E-state index is -0.744. The lowest BCUT2D eigenvalue weighted by Gasteiger charge is -2.37. The lowest BCUT2D eigenvalue weighted by atomic mass is 9.82. The molecular formula is C36H41FN2O4. The van der Waals surface area contributed by atoms with E-state index in [0.717, 1.165) is 66.8 Å². The second-order valence-corrected chi connectivity index (χ2v) is 13.2. The first-order valence-corrected chi connectivity index (χ1v) is 16.0. The number of piperidine rings is 1. The summed E-state index contributed by atoms with van der Waals surface area (Å²) in [7, 11) is 1.55. The van der Waals surface area contributed by atoms with Gasteiger partial charge in [0.25, 0.3) is 0 Å². The average molecular weight is 585 g/mol. The molecule has 1 N–H and O–H groups in total. The Balaban J connectivity index is 1.21. The van der Waals surface area contributed by atoms with Gasteiger partial charge in [-0.15, -0.1) is 0 Å². The zero-order chi connectivity index (χ0) is 29.7. The number of fused-ring (bicyclic) bond motifs is 1. The monoisotopic (exact) mass is 584 g/mol. The minimum Gasteiger partial charge on any atom is -0.485 e. The lowest BCUT2D eigenvalue weighted by Crippen LogP contribution is -2.40. The van der Waals surface area contributed by atoms with Crippen molar-refractivity contribution >= 4 is 5.97 Å². The van der Waals surface area contributed by atoms with Gasteiger partial charge < -0.3 is 14.6 Å². The number of carboxylic acids is 1. The van der Waals surface area contributed by atoms with Crippen molar-refractivity contribution in [1.29, 1.82) is 0 Å². The van der Waals surface area contributed by atoms with Crippen molar-refractivity contribution in [2.45, 2.75) is 88.8 Å². The Hall–Kier alpha value is -3.45. The Labute approximate surface area is 253 Å². The van der Waals surface area contributed by atoms with Crippen LogP contribution in [0.5, 0.6) is 11.6 Å². The zero-order valence-electron chi connectivity index (χ0n) is 25.2. The van der Waals surface area contributed by atoms with Crippen molar-refractivity contribution in [2.24, 2.45) is 11.8 Å². The highest BCUT2D eigenvalue weighted by Gasteiger charge is 2.48. The van der Waals surface area contributed by atoms with Gasteiger partial charge in [0, 0.05) is 23.7 Å². The van der Waals surface area contributed by atoms with Crippen LogP contribution < -0.4 is 9.47 Å². The summed E-state index contributed by atoms with van der Waals surface area (Å²) in [5, 5.41) is 9.78. The number of pyridine rings is 1. The number of hydrogen-bond acceptors (Lipinski definition) is 5. The smallest absolute Gasteiger partial charge is 0.306 e. The molecule has 4 aliphatic rings. The summed E-state index contributed by atoms with van der Waals surface area (Å²) in [5.74, 6) is 0.154. The third-order valence-electron chi connectivity index (χ3n) is 10.5. The van der Waals surface area contributed by atoms with Crippen LogP contribution in [0, 0.1) is 17.7 Å². The van der Waals surface area contributed by atoms with Crippen LogP contribution in [0.3, 0.4) is 0 Å². The lowest BCUT2D eigenvalue weighted by molar-refractivity contribution is -0.142. The van der Waals surface area contributed by atoms with E-state index in [2.05, 4.69) is 40.2 Å². The highest BCUT2D eigenvalue weighted by Crippen LogP contribution is 2.50. The van der Waals surface area contributed by atoms with Crippen molar-refractivity contribution in [1.82, 2.24) is 9.88 Å². The quantitative estimate of drug-likeness (QED) is 0.278. The van der Waals surface area contributed by atoms with Gasteiger partial charge in [-0.3, -0.25) is 9.69 Å². The first kappa shape index (κ1) is 28.3. The first-order chi connectivity index (χ1) is 20.8. The molecule has 0 radical (unpaired) electrons. The summed E-state index contributed by atoms with van der Waals surface area (Å²) in [6.45, 7) is 3.67. The maximum Gasteiger partial charge on any atom is 0.306 e. The third-order valence-corrected chi connectivity index (χ3v) is 10.5. The van der Waals surface area contributed by atoms with Gasteiger partial charge in [0.15, 0.2) is 0 Å². The number of rotatable bonds is 9. The van der Waals surface area contributed by atoms with Gasteiger partial charge in [-0.2, -0.15) is 0 Å². The van der Waals surface area contributed by atoms with Crippen molar-refractivity contribution in [3.8, 4) is 22.8 Å². The molecule has 1 saturated heterocycles. The van der Waals surface area contributed by atoms with Crippen LogP contribution in [-0.2, 0) is 17.8 Å². The molecule has 2 aliphatic carbocycles. The molecule has 6 nitrogen and oxygen atoms in total. The highest BCUT2D eigenvalue weighted by atomic mass is 19.1. The number of likely N-dealkylation sites (tertiary alicyclic amines) is 1. The molecule has 226 valence electrons. The number of carbonyl (C=O) groups is 1. The molecule has 1 aromatic heterocycles. The van der Waals surface area contributed by atoms with Gasteiger partial charge in [-0.05, 0) is 104 Å². The number of ether oxygens (including phenoxy) is 2. The molecule has 0 amide bonds. The number of aliphatic carboxylic acids is 1.